The van der Waals surface area contributed by atoms with Gasteiger partial charge in [-0.1, -0.05) is 6.42 Å². The van der Waals surface area contributed by atoms with E-state index in [4.69, 9.17) is 0 Å². The largest absolute Gasteiger partial charge is 0.349 e. The predicted molar refractivity (Wildman–Crippen MR) is 99.8 cm³/mol. The van der Waals surface area contributed by atoms with E-state index in [-0.39, 0.29) is 5.91 Å². The summed E-state index contributed by atoms with van der Waals surface area (Å²) in [4.78, 5) is 12.7. The molecule has 0 aromatic heterocycles. The molecule has 1 aliphatic heterocycles. The van der Waals surface area contributed by atoms with Crippen LogP contribution in [-0.2, 0) is 0 Å². The first-order chi connectivity index (χ1) is 12.2. The van der Waals surface area contributed by atoms with Crippen molar-refractivity contribution in [3.63, 3.8) is 0 Å². The third-order valence-corrected chi connectivity index (χ3v) is 7.15. The molecule has 4 heteroatoms. The molecule has 0 spiro atoms. The van der Waals surface area contributed by atoms with Crippen LogP contribution in [0.4, 0.5) is 5.69 Å². The van der Waals surface area contributed by atoms with Crippen LogP contribution in [0, 0.1) is 23.7 Å². The minimum atomic E-state index is 0.0970. The van der Waals surface area contributed by atoms with Crippen LogP contribution >= 0.6 is 0 Å². The van der Waals surface area contributed by atoms with Gasteiger partial charge in [0.2, 0.25) is 0 Å². The van der Waals surface area contributed by atoms with Crippen molar-refractivity contribution in [1.29, 1.82) is 0 Å². The Labute approximate surface area is 149 Å². The van der Waals surface area contributed by atoms with Crippen molar-refractivity contribution >= 4 is 17.3 Å². The summed E-state index contributed by atoms with van der Waals surface area (Å²) >= 11 is 0. The van der Waals surface area contributed by atoms with Crippen molar-refractivity contribution in [2.45, 2.75) is 51.5 Å². The van der Waals surface area contributed by atoms with Gasteiger partial charge < -0.3 is 5.32 Å². The fourth-order valence-corrected chi connectivity index (χ4v) is 6.03. The third-order valence-electron chi connectivity index (χ3n) is 7.15. The van der Waals surface area contributed by atoms with Crippen LogP contribution in [0.25, 0.3) is 0 Å². The summed E-state index contributed by atoms with van der Waals surface area (Å²) in [5.41, 5.74) is 3.01. The molecule has 3 aliphatic carbocycles. The quantitative estimate of drug-likeness (QED) is 0.911. The smallest absolute Gasteiger partial charge is 0.251 e. The second-order valence-electron chi connectivity index (χ2n) is 8.49. The monoisotopic (exact) mass is 337 g/mol. The third kappa shape index (κ3) is 2.57. The second-order valence-corrected chi connectivity index (χ2v) is 8.49. The number of hydrazone groups is 1. The summed E-state index contributed by atoms with van der Waals surface area (Å²) in [7, 11) is 0. The Morgan fingerprint density at radius 1 is 1.12 bits per heavy atom. The van der Waals surface area contributed by atoms with Crippen molar-refractivity contribution in [3.05, 3.63) is 29.8 Å². The number of carbonyl (C=O) groups is 1. The van der Waals surface area contributed by atoms with Gasteiger partial charge in [-0.25, -0.2) is 0 Å². The van der Waals surface area contributed by atoms with Gasteiger partial charge in [-0.2, -0.15) is 5.10 Å². The highest BCUT2D eigenvalue weighted by atomic mass is 16.1. The highest BCUT2D eigenvalue weighted by molar-refractivity contribution is 5.95. The molecule has 5 rings (SSSR count). The van der Waals surface area contributed by atoms with Gasteiger partial charge in [-0.15, -0.1) is 0 Å². The molecule has 1 aromatic rings. The molecular weight excluding hydrogens is 310 g/mol. The van der Waals surface area contributed by atoms with Crippen molar-refractivity contribution < 1.29 is 4.79 Å². The summed E-state index contributed by atoms with van der Waals surface area (Å²) in [5.74, 6) is 3.58. The number of carbonyl (C=O) groups excluding carboxylic acids is 1. The predicted octanol–water partition coefficient (Wildman–Crippen LogP) is 3.83. The zero-order valence-corrected chi connectivity index (χ0v) is 14.9. The SMILES string of the molecule is CC1=NN(c2ccc(C(=O)N[C@@H]3C[C@H]4C[C@H]3[C@H]3CCC[C@@H]43)cc2)CC1. The van der Waals surface area contributed by atoms with Crippen LogP contribution in [-0.4, -0.2) is 24.2 Å². The van der Waals surface area contributed by atoms with Crippen LogP contribution in [0.5, 0.6) is 0 Å². The van der Waals surface area contributed by atoms with Gasteiger partial charge in [0.1, 0.15) is 0 Å². The number of amides is 1. The molecule has 0 saturated heterocycles. The molecule has 1 amide bonds. The average Bonchev–Trinajstić information content (AvgIpc) is 3.36. The summed E-state index contributed by atoms with van der Waals surface area (Å²) < 4.78 is 0. The van der Waals surface area contributed by atoms with E-state index >= 15 is 0 Å². The molecule has 3 fully saturated rings. The second kappa shape index (κ2) is 5.86. The molecule has 0 unspecified atom stereocenters. The highest BCUT2D eigenvalue weighted by Crippen LogP contribution is 2.58. The Morgan fingerprint density at radius 2 is 1.92 bits per heavy atom. The maximum absolute atomic E-state index is 12.7. The van der Waals surface area contributed by atoms with E-state index in [1.807, 2.05) is 29.3 Å². The van der Waals surface area contributed by atoms with E-state index in [1.165, 1.54) is 37.8 Å². The number of fused-ring (bicyclic) bond motifs is 5. The van der Waals surface area contributed by atoms with E-state index in [0.29, 0.717) is 6.04 Å². The number of rotatable bonds is 3. The lowest BCUT2D eigenvalue weighted by Crippen LogP contribution is -2.42. The van der Waals surface area contributed by atoms with Crippen LogP contribution in [0.15, 0.2) is 29.4 Å². The lowest BCUT2D eigenvalue weighted by Gasteiger charge is -2.32. The Morgan fingerprint density at radius 3 is 2.68 bits per heavy atom. The van der Waals surface area contributed by atoms with Crippen LogP contribution in [0.1, 0.15) is 55.8 Å². The van der Waals surface area contributed by atoms with E-state index in [9.17, 15) is 4.79 Å². The molecular formula is C21H27N3O. The number of hydrogen-bond donors (Lipinski definition) is 1. The Hall–Kier alpha value is -1.84. The van der Waals surface area contributed by atoms with Crippen LogP contribution in [0.3, 0.4) is 0 Å². The molecule has 5 atom stereocenters. The average molecular weight is 337 g/mol. The van der Waals surface area contributed by atoms with Gasteiger partial charge in [0.05, 0.1) is 5.69 Å². The molecule has 2 bridgehead atoms. The Kier molecular flexibility index (Phi) is 3.61. The Balaban J connectivity index is 1.25. The molecule has 4 aliphatic rings. The number of anilines is 1. The fraction of sp³-hybridized carbons (Fsp3) is 0.619. The zero-order chi connectivity index (χ0) is 17.0. The number of benzene rings is 1. The van der Waals surface area contributed by atoms with Gasteiger partial charge in [0, 0.05) is 30.3 Å². The fourth-order valence-electron chi connectivity index (χ4n) is 6.03. The van der Waals surface area contributed by atoms with Gasteiger partial charge in [0.15, 0.2) is 0 Å². The summed E-state index contributed by atoms with van der Waals surface area (Å²) in [6.45, 7) is 3.00. The first kappa shape index (κ1) is 15.4. The highest BCUT2D eigenvalue weighted by Gasteiger charge is 2.54. The number of hydrogen-bond acceptors (Lipinski definition) is 3. The van der Waals surface area contributed by atoms with Gasteiger partial charge >= 0.3 is 0 Å². The van der Waals surface area contributed by atoms with Crippen LogP contribution in [0.2, 0.25) is 0 Å². The van der Waals surface area contributed by atoms with Gasteiger partial charge in [0.25, 0.3) is 5.91 Å². The molecule has 3 saturated carbocycles. The maximum Gasteiger partial charge on any atom is 0.251 e. The summed E-state index contributed by atoms with van der Waals surface area (Å²) in [5, 5.41) is 9.90. The first-order valence-corrected chi connectivity index (χ1v) is 9.91. The van der Waals surface area contributed by atoms with Crippen LogP contribution < -0.4 is 10.3 Å². The number of nitrogens with zero attached hydrogens (tertiary/aromatic N) is 2. The van der Waals surface area contributed by atoms with Crippen molar-refractivity contribution in [3.8, 4) is 0 Å². The normalized spacial score (nSPS) is 35.8. The minimum Gasteiger partial charge on any atom is -0.349 e. The topological polar surface area (TPSA) is 44.7 Å². The Bertz CT molecular complexity index is 710. The minimum absolute atomic E-state index is 0.0970. The summed E-state index contributed by atoms with van der Waals surface area (Å²) in [6, 6.07) is 8.33. The molecule has 0 radical (unpaired) electrons. The maximum atomic E-state index is 12.7. The molecule has 4 nitrogen and oxygen atoms in total. The molecule has 1 N–H and O–H groups in total. The lowest BCUT2D eigenvalue weighted by molar-refractivity contribution is 0.0901. The molecule has 132 valence electrons. The molecule has 25 heavy (non-hydrogen) atoms. The zero-order valence-electron chi connectivity index (χ0n) is 14.9. The van der Waals surface area contributed by atoms with E-state index in [2.05, 4.69) is 17.3 Å². The van der Waals surface area contributed by atoms with Crippen molar-refractivity contribution in [2.75, 3.05) is 11.6 Å². The lowest BCUT2D eigenvalue weighted by atomic mass is 9.79. The van der Waals surface area contributed by atoms with E-state index < -0.39 is 0 Å². The standard InChI is InChI=1S/C21H27N3O/c1-13-9-10-24(23-13)16-7-5-14(6-8-16)21(25)22-20-12-15-11-19(20)18-4-2-3-17(15)18/h5-8,15,17-20H,2-4,9-12H2,1H3,(H,22,25)/t15-,17+,18+,19+,20-/m1/s1. The van der Waals surface area contributed by atoms with Crippen molar-refractivity contribution in [1.82, 2.24) is 5.32 Å². The van der Waals surface area contributed by atoms with E-state index in [1.54, 1.807) is 0 Å². The molecule has 1 heterocycles. The first-order valence-electron chi connectivity index (χ1n) is 9.91. The van der Waals surface area contributed by atoms with E-state index in [0.717, 1.165) is 47.9 Å². The van der Waals surface area contributed by atoms with Crippen molar-refractivity contribution in [2.24, 2.45) is 28.8 Å². The number of nitrogens with one attached hydrogen (secondary N) is 1. The molecule has 1 aromatic carbocycles. The van der Waals surface area contributed by atoms with Gasteiger partial charge in [-0.05, 0) is 80.5 Å². The van der Waals surface area contributed by atoms with Gasteiger partial charge in [-0.3, -0.25) is 9.80 Å². The summed E-state index contributed by atoms with van der Waals surface area (Å²) in [6.07, 6.45) is 7.82.